The van der Waals surface area contributed by atoms with Crippen LogP contribution in [0.3, 0.4) is 0 Å². The van der Waals surface area contributed by atoms with Crippen LogP contribution in [0.25, 0.3) is 0 Å². The number of hydrogen-bond acceptors (Lipinski definition) is 2. The van der Waals surface area contributed by atoms with Gasteiger partial charge >= 0.3 is 8.56 Å². The Morgan fingerprint density at radius 3 is 0.926 bits per heavy atom. The molecule has 0 aromatic rings. The first-order valence-corrected chi connectivity index (χ1v) is 14.6. The van der Waals surface area contributed by atoms with Gasteiger partial charge in [0.05, 0.1) is 0 Å². The van der Waals surface area contributed by atoms with Crippen molar-refractivity contribution in [2.24, 2.45) is 0 Å². The molecule has 164 valence electrons. The van der Waals surface area contributed by atoms with Crippen LogP contribution < -0.4 is 0 Å². The van der Waals surface area contributed by atoms with E-state index in [9.17, 15) is 0 Å². The highest BCUT2D eigenvalue weighted by atomic mass is 28.4. The van der Waals surface area contributed by atoms with Crippen molar-refractivity contribution in [1.29, 1.82) is 0 Å². The normalized spacial score (nSPS) is 12.0. The molecular formula is C24H52O2Si. The Morgan fingerprint density at radius 2 is 0.667 bits per heavy atom. The van der Waals surface area contributed by atoms with Gasteiger partial charge in [-0.15, -0.1) is 0 Å². The predicted octanol–water partition coefficient (Wildman–Crippen LogP) is 8.78. The maximum absolute atomic E-state index is 5.95. The molecule has 0 aliphatic carbocycles. The van der Waals surface area contributed by atoms with Gasteiger partial charge in [-0.2, -0.15) is 0 Å². The van der Waals surface area contributed by atoms with E-state index in [-0.39, 0.29) is 0 Å². The minimum atomic E-state index is -1.92. The van der Waals surface area contributed by atoms with Gasteiger partial charge < -0.3 is 8.85 Å². The predicted molar refractivity (Wildman–Crippen MR) is 124 cm³/mol. The molecule has 0 aromatic carbocycles. The second-order valence-electron chi connectivity index (χ2n) is 8.48. The van der Waals surface area contributed by atoms with Crippen LogP contribution in [0.5, 0.6) is 0 Å². The van der Waals surface area contributed by atoms with Crippen LogP contribution in [-0.4, -0.2) is 22.8 Å². The molecule has 0 saturated heterocycles. The zero-order valence-electron chi connectivity index (χ0n) is 19.5. The zero-order valence-corrected chi connectivity index (χ0v) is 20.5. The third-order valence-electron chi connectivity index (χ3n) is 6.07. The maximum atomic E-state index is 5.95. The molecule has 2 nitrogen and oxygen atoms in total. The molecule has 0 amide bonds. The summed E-state index contributed by atoms with van der Waals surface area (Å²) < 4.78 is 11.9. The average molecular weight is 401 g/mol. The van der Waals surface area contributed by atoms with E-state index in [1.54, 1.807) is 0 Å². The van der Waals surface area contributed by atoms with Crippen molar-refractivity contribution in [2.75, 3.05) is 14.2 Å². The van der Waals surface area contributed by atoms with Gasteiger partial charge in [-0.05, 0) is 12.1 Å². The largest absolute Gasteiger partial charge is 0.398 e. The summed E-state index contributed by atoms with van der Waals surface area (Å²) in [5.74, 6) is 0. The van der Waals surface area contributed by atoms with Crippen molar-refractivity contribution >= 4 is 8.56 Å². The van der Waals surface area contributed by atoms with Gasteiger partial charge in [-0.25, -0.2) is 0 Å². The van der Waals surface area contributed by atoms with Crippen molar-refractivity contribution in [3.8, 4) is 0 Å². The highest BCUT2D eigenvalue weighted by molar-refractivity contribution is 6.67. The molecule has 0 aromatic heterocycles. The second kappa shape index (κ2) is 20.9. The van der Waals surface area contributed by atoms with Gasteiger partial charge in [0.2, 0.25) is 0 Å². The molecule has 0 fully saturated rings. The van der Waals surface area contributed by atoms with Crippen LogP contribution in [0.4, 0.5) is 0 Å². The molecule has 0 unspecified atom stereocenters. The lowest BCUT2D eigenvalue weighted by Gasteiger charge is -2.27. The Balaban J connectivity index is 3.67. The monoisotopic (exact) mass is 400 g/mol. The fourth-order valence-corrected chi connectivity index (χ4v) is 6.84. The number of unbranched alkanes of at least 4 members (excludes halogenated alkanes) is 16. The molecule has 0 saturated carbocycles. The van der Waals surface area contributed by atoms with Crippen LogP contribution in [0.2, 0.25) is 12.1 Å². The van der Waals surface area contributed by atoms with Gasteiger partial charge in [-0.3, -0.25) is 0 Å². The number of hydrogen-bond donors (Lipinski definition) is 0. The minimum absolute atomic E-state index is 1.19. The molecule has 0 spiro atoms. The molecule has 3 heteroatoms. The summed E-state index contributed by atoms with van der Waals surface area (Å²) in [6.07, 6.45) is 25.0. The standard InChI is InChI=1S/C24H52O2Si/c1-5-7-9-11-13-15-17-19-21-23-27(25-3,26-4)24-22-20-18-16-14-12-10-8-6-2/h5-24H2,1-4H3. The molecule has 0 rings (SSSR count). The molecular weight excluding hydrogens is 348 g/mol. The van der Waals surface area contributed by atoms with E-state index in [1.165, 1.54) is 128 Å². The van der Waals surface area contributed by atoms with E-state index < -0.39 is 8.56 Å². The Morgan fingerprint density at radius 1 is 0.407 bits per heavy atom. The molecule has 27 heavy (non-hydrogen) atoms. The maximum Gasteiger partial charge on any atom is 0.337 e. The fourth-order valence-electron chi connectivity index (χ4n) is 4.03. The summed E-state index contributed by atoms with van der Waals surface area (Å²) in [6, 6.07) is 2.37. The van der Waals surface area contributed by atoms with Gasteiger partial charge in [0, 0.05) is 14.2 Å². The summed E-state index contributed by atoms with van der Waals surface area (Å²) in [4.78, 5) is 0. The summed E-state index contributed by atoms with van der Waals surface area (Å²) in [5, 5.41) is 0. The first kappa shape index (κ1) is 27.1. The molecule has 0 bridgehead atoms. The molecule has 0 aliphatic rings. The molecule has 0 aliphatic heterocycles. The average Bonchev–Trinajstić information content (AvgIpc) is 2.70. The third-order valence-corrected chi connectivity index (χ3v) is 9.79. The van der Waals surface area contributed by atoms with E-state index in [0.29, 0.717) is 0 Å². The first-order chi connectivity index (χ1) is 13.2. The quantitative estimate of drug-likeness (QED) is 0.133. The van der Waals surface area contributed by atoms with Crippen LogP contribution in [-0.2, 0) is 8.85 Å². The first-order valence-electron chi connectivity index (χ1n) is 12.3. The van der Waals surface area contributed by atoms with Crippen LogP contribution in [0.15, 0.2) is 0 Å². The van der Waals surface area contributed by atoms with E-state index in [4.69, 9.17) is 8.85 Å². The van der Waals surface area contributed by atoms with Crippen LogP contribution in [0.1, 0.15) is 129 Å². The molecule has 0 N–H and O–H groups in total. The van der Waals surface area contributed by atoms with Gasteiger partial charge in [0.15, 0.2) is 0 Å². The van der Waals surface area contributed by atoms with E-state index >= 15 is 0 Å². The third kappa shape index (κ3) is 16.8. The fraction of sp³-hybridized carbons (Fsp3) is 1.00. The Bertz CT molecular complexity index is 256. The van der Waals surface area contributed by atoms with Crippen LogP contribution >= 0.6 is 0 Å². The molecule has 0 radical (unpaired) electrons. The lowest BCUT2D eigenvalue weighted by molar-refractivity contribution is 0.238. The smallest absolute Gasteiger partial charge is 0.337 e. The van der Waals surface area contributed by atoms with Gasteiger partial charge in [0.1, 0.15) is 0 Å². The minimum Gasteiger partial charge on any atom is -0.398 e. The van der Waals surface area contributed by atoms with Gasteiger partial charge in [0.25, 0.3) is 0 Å². The van der Waals surface area contributed by atoms with Crippen molar-refractivity contribution in [3.05, 3.63) is 0 Å². The molecule has 0 atom stereocenters. The van der Waals surface area contributed by atoms with E-state index in [1.807, 2.05) is 14.2 Å². The summed E-state index contributed by atoms with van der Waals surface area (Å²) in [6.45, 7) is 4.58. The summed E-state index contributed by atoms with van der Waals surface area (Å²) >= 11 is 0. The highest BCUT2D eigenvalue weighted by Crippen LogP contribution is 2.25. The zero-order chi connectivity index (χ0) is 20.1. The van der Waals surface area contributed by atoms with Crippen LogP contribution in [0, 0.1) is 0 Å². The number of rotatable bonds is 22. The Kier molecular flexibility index (Phi) is 21.0. The highest BCUT2D eigenvalue weighted by Gasteiger charge is 2.33. The second-order valence-corrected chi connectivity index (χ2v) is 12.1. The van der Waals surface area contributed by atoms with Gasteiger partial charge in [-0.1, -0.05) is 129 Å². The topological polar surface area (TPSA) is 18.5 Å². The lowest BCUT2D eigenvalue weighted by Crippen LogP contribution is -2.39. The van der Waals surface area contributed by atoms with E-state index in [0.717, 1.165) is 0 Å². The van der Waals surface area contributed by atoms with Crippen molar-refractivity contribution < 1.29 is 8.85 Å². The summed E-state index contributed by atoms with van der Waals surface area (Å²) in [7, 11) is 1.86. The van der Waals surface area contributed by atoms with Crippen molar-refractivity contribution in [2.45, 2.75) is 142 Å². The van der Waals surface area contributed by atoms with Crippen molar-refractivity contribution in [1.82, 2.24) is 0 Å². The van der Waals surface area contributed by atoms with E-state index in [2.05, 4.69) is 13.8 Å². The SMILES string of the molecule is CCCCCCCCCCC[Si](CCCCCCCCCCC)(OC)OC. The summed E-state index contributed by atoms with van der Waals surface area (Å²) in [5.41, 5.74) is 0. The van der Waals surface area contributed by atoms with Crippen molar-refractivity contribution in [3.63, 3.8) is 0 Å². The molecule has 0 heterocycles. The Hall–Kier alpha value is 0.137. The lowest BCUT2D eigenvalue weighted by atomic mass is 10.1. The Labute approximate surface area is 173 Å².